The Hall–Kier alpha value is -4.06. The fourth-order valence-electron chi connectivity index (χ4n) is 3.48. The molecule has 0 saturated heterocycles. The van der Waals surface area contributed by atoms with Crippen molar-refractivity contribution in [3.05, 3.63) is 111 Å². The molecule has 4 rings (SSSR count). The predicted octanol–water partition coefficient (Wildman–Crippen LogP) is 4.22. The lowest BCUT2D eigenvalue weighted by molar-refractivity contribution is 0.0949. The predicted molar refractivity (Wildman–Crippen MR) is 127 cm³/mol. The van der Waals surface area contributed by atoms with Gasteiger partial charge in [-0.25, -0.2) is 10.1 Å². The van der Waals surface area contributed by atoms with E-state index in [9.17, 15) is 9.59 Å². The standard InChI is InChI=1S/C26H24N4O2/c1-17-13-14-21(15-18(17)2)19(3)27-28-25(31)24-22-11-7-8-12-23(22)26(32)30(29-24)16-20-9-5-4-6-10-20/h4-15H,16H2,1-3H3,(H,28,31)/b27-19+. The van der Waals surface area contributed by atoms with Gasteiger partial charge in [-0.2, -0.15) is 10.2 Å². The maximum absolute atomic E-state index is 13.0. The van der Waals surface area contributed by atoms with Gasteiger partial charge in [-0.3, -0.25) is 9.59 Å². The zero-order valence-electron chi connectivity index (χ0n) is 18.3. The van der Waals surface area contributed by atoms with Gasteiger partial charge in [0.25, 0.3) is 11.5 Å². The molecule has 0 atom stereocenters. The number of aryl methyl sites for hydroxylation is 2. The summed E-state index contributed by atoms with van der Waals surface area (Å²) >= 11 is 0. The highest BCUT2D eigenvalue weighted by Crippen LogP contribution is 2.14. The molecule has 32 heavy (non-hydrogen) atoms. The molecule has 1 amide bonds. The van der Waals surface area contributed by atoms with Gasteiger partial charge in [-0.15, -0.1) is 0 Å². The van der Waals surface area contributed by atoms with Crippen molar-refractivity contribution < 1.29 is 4.79 Å². The minimum absolute atomic E-state index is 0.160. The van der Waals surface area contributed by atoms with E-state index in [1.165, 1.54) is 10.2 Å². The van der Waals surface area contributed by atoms with Crippen molar-refractivity contribution in [3.63, 3.8) is 0 Å². The van der Waals surface area contributed by atoms with Gasteiger partial charge >= 0.3 is 0 Å². The number of amides is 1. The van der Waals surface area contributed by atoms with E-state index in [1.54, 1.807) is 24.3 Å². The lowest BCUT2D eigenvalue weighted by atomic mass is 10.0. The first-order chi connectivity index (χ1) is 15.4. The summed E-state index contributed by atoms with van der Waals surface area (Å²) in [5, 5.41) is 9.61. The minimum Gasteiger partial charge on any atom is -0.267 e. The van der Waals surface area contributed by atoms with Gasteiger partial charge in [0.05, 0.1) is 17.6 Å². The van der Waals surface area contributed by atoms with Gasteiger partial charge in [0, 0.05) is 5.39 Å². The molecule has 0 radical (unpaired) electrons. The minimum atomic E-state index is -0.466. The molecule has 6 nitrogen and oxygen atoms in total. The number of fused-ring (bicyclic) bond motifs is 1. The Labute approximate surface area is 186 Å². The summed E-state index contributed by atoms with van der Waals surface area (Å²) in [5.74, 6) is -0.466. The Kier molecular flexibility index (Phi) is 5.94. The smallest absolute Gasteiger partial charge is 0.267 e. The van der Waals surface area contributed by atoms with Crippen LogP contribution in [0.15, 0.2) is 82.7 Å². The van der Waals surface area contributed by atoms with Crippen LogP contribution in [-0.2, 0) is 6.54 Å². The molecule has 0 aliphatic carbocycles. The number of benzene rings is 3. The van der Waals surface area contributed by atoms with Gasteiger partial charge in [0.2, 0.25) is 0 Å². The fraction of sp³-hybridized carbons (Fsp3) is 0.154. The largest absolute Gasteiger partial charge is 0.292 e. The number of carbonyl (C=O) groups excluding carboxylic acids is 1. The number of nitrogens with one attached hydrogen (secondary N) is 1. The topological polar surface area (TPSA) is 76.3 Å². The second-order valence-electron chi connectivity index (χ2n) is 7.78. The molecule has 0 saturated carbocycles. The Balaban J connectivity index is 1.69. The first kappa shape index (κ1) is 21.2. The van der Waals surface area contributed by atoms with Crippen LogP contribution in [0.3, 0.4) is 0 Å². The molecule has 0 bridgehead atoms. The summed E-state index contributed by atoms with van der Waals surface area (Å²) in [7, 11) is 0. The Morgan fingerprint density at radius 1 is 0.938 bits per heavy atom. The number of rotatable bonds is 5. The summed E-state index contributed by atoms with van der Waals surface area (Å²) in [5.41, 5.74) is 7.42. The maximum Gasteiger partial charge on any atom is 0.292 e. The molecular weight excluding hydrogens is 400 g/mol. The zero-order valence-corrected chi connectivity index (χ0v) is 18.3. The summed E-state index contributed by atoms with van der Waals surface area (Å²) in [6.07, 6.45) is 0. The third kappa shape index (κ3) is 4.34. The molecule has 6 heteroatoms. The third-order valence-corrected chi connectivity index (χ3v) is 5.51. The maximum atomic E-state index is 13.0. The number of aromatic nitrogens is 2. The summed E-state index contributed by atoms with van der Waals surface area (Å²) in [4.78, 5) is 26.0. The van der Waals surface area contributed by atoms with Crippen LogP contribution in [0.4, 0.5) is 0 Å². The SMILES string of the molecule is C/C(=N\NC(=O)c1nn(Cc2ccccc2)c(=O)c2ccccc12)c1ccc(C)c(C)c1. The highest BCUT2D eigenvalue weighted by molar-refractivity contribution is 6.06. The van der Waals surface area contributed by atoms with E-state index in [0.29, 0.717) is 16.5 Å². The van der Waals surface area contributed by atoms with E-state index in [1.807, 2.05) is 62.4 Å². The molecule has 0 fully saturated rings. The first-order valence-electron chi connectivity index (χ1n) is 10.4. The van der Waals surface area contributed by atoms with Gasteiger partial charge in [-0.05, 0) is 55.2 Å². The van der Waals surface area contributed by atoms with Crippen molar-refractivity contribution in [1.82, 2.24) is 15.2 Å². The van der Waals surface area contributed by atoms with E-state index in [2.05, 4.69) is 22.5 Å². The summed E-state index contributed by atoms with van der Waals surface area (Å²) < 4.78 is 1.33. The van der Waals surface area contributed by atoms with Gasteiger partial charge < -0.3 is 0 Å². The molecule has 0 unspecified atom stereocenters. The molecule has 3 aromatic carbocycles. The molecule has 4 aromatic rings. The van der Waals surface area contributed by atoms with Crippen LogP contribution in [0, 0.1) is 13.8 Å². The first-order valence-corrected chi connectivity index (χ1v) is 10.4. The van der Waals surface area contributed by atoms with Gasteiger partial charge in [0.15, 0.2) is 5.69 Å². The van der Waals surface area contributed by atoms with Gasteiger partial charge in [0.1, 0.15) is 0 Å². The second-order valence-corrected chi connectivity index (χ2v) is 7.78. The number of hydrogen-bond acceptors (Lipinski definition) is 4. The summed E-state index contributed by atoms with van der Waals surface area (Å²) in [6, 6.07) is 22.6. The van der Waals surface area contributed by atoms with Crippen LogP contribution in [0.2, 0.25) is 0 Å². The molecule has 1 aromatic heterocycles. The van der Waals surface area contributed by atoms with E-state index in [0.717, 1.165) is 16.7 Å². The zero-order chi connectivity index (χ0) is 22.7. The van der Waals surface area contributed by atoms with E-state index in [-0.39, 0.29) is 17.8 Å². The number of carbonyl (C=O) groups is 1. The van der Waals surface area contributed by atoms with Crippen LogP contribution in [0.5, 0.6) is 0 Å². The molecule has 1 N–H and O–H groups in total. The van der Waals surface area contributed by atoms with Crippen LogP contribution < -0.4 is 11.0 Å². The Bertz CT molecular complexity index is 1390. The molecular formula is C26H24N4O2. The average Bonchev–Trinajstić information content (AvgIpc) is 2.81. The van der Waals surface area contributed by atoms with Gasteiger partial charge in [-0.1, -0.05) is 60.7 Å². The van der Waals surface area contributed by atoms with Crippen LogP contribution in [0.25, 0.3) is 10.8 Å². The average molecular weight is 425 g/mol. The van der Waals surface area contributed by atoms with Crippen molar-refractivity contribution in [2.75, 3.05) is 0 Å². The van der Waals surface area contributed by atoms with Crippen molar-refractivity contribution in [2.45, 2.75) is 27.3 Å². The van der Waals surface area contributed by atoms with Crippen molar-refractivity contribution in [3.8, 4) is 0 Å². The van der Waals surface area contributed by atoms with Crippen molar-refractivity contribution in [1.29, 1.82) is 0 Å². The van der Waals surface area contributed by atoms with E-state index < -0.39 is 5.91 Å². The lowest BCUT2D eigenvalue weighted by Gasteiger charge is -2.11. The molecule has 160 valence electrons. The monoisotopic (exact) mass is 424 g/mol. The molecule has 0 spiro atoms. The second kappa shape index (κ2) is 8.98. The highest BCUT2D eigenvalue weighted by Gasteiger charge is 2.17. The molecule has 0 aliphatic rings. The number of hydrazone groups is 1. The lowest BCUT2D eigenvalue weighted by Crippen LogP contribution is -2.29. The Morgan fingerprint density at radius 3 is 2.34 bits per heavy atom. The van der Waals surface area contributed by atoms with E-state index >= 15 is 0 Å². The highest BCUT2D eigenvalue weighted by atomic mass is 16.2. The number of hydrogen-bond donors (Lipinski definition) is 1. The van der Waals surface area contributed by atoms with Crippen LogP contribution in [-0.4, -0.2) is 21.4 Å². The van der Waals surface area contributed by atoms with Crippen LogP contribution in [0.1, 0.15) is 39.7 Å². The molecule has 1 heterocycles. The van der Waals surface area contributed by atoms with Crippen LogP contribution >= 0.6 is 0 Å². The number of nitrogens with zero attached hydrogens (tertiary/aromatic N) is 3. The van der Waals surface area contributed by atoms with Crippen molar-refractivity contribution in [2.24, 2.45) is 5.10 Å². The fourth-order valence-corrected chi connectivity index (χ4v) is 3.48. The quantitative estimate of drug-likeness (QED) is 0.385. The summed E-state index contributed by atoms with van der Waals surface area (Å²) in [6.45, 7) is 6.20. The van der Waals surface area contributed by atoms with E-state index in [4.69, 9.17) is 0 Å². The third-order valence-electron chi connectivity index (χ3n) is 5.51. The normalized spacial score (nSPS) is 11.5. The van der Waals surface area contributed by atoms with Crippen molar-refractivity contribution >= 4 is 22.4 Å². The Morgan fingerprint density at radius 2 is 1.62 bits per heavy atom. The molecule has 0 aliphatic heterocycles.